The van der Waals surface area contributed by atoms with Gasteiger partial charge in [0.25, 0.3) is 0 Å². The van der Waals surface area contributed by atoms with Crippen LogP contribution in [0.1, 0.15) is 15.4 Å². The molecule has 0 unspecified atom stereocenters. The molecule has 0 saturated carbocycles. The van der Waals surface area contributed by atoms with Crippen LogP contribution in [-0.2, 0) is 0 Å². The number of hydrogen-bond donors (Lipinski definition) is 1. The van der Waals surface area contributed by atoms with E-state index in [1.165, 1.54) is 16.0 Å². The SMILES string of the molecule is Cc1cc(OC(=O)c2cccs2)n(-c2nc3ccccc3[nH]2)n1. The highest BCUT2D eigenvalue weighted by Gasteiger charge is 2.17. The van der Waals surface area contributed by atoms with Crippen LogP contribution in [0.25, 0.3) is 17.0 Å². The molecular weight excluding hydrogens is 312 g/mol. The van der Waals surface area contributed by atoms with Gasteiger partial charge in [-0.1, -0.05) is 18.2 Å². The second kappa shape index (κ2) is 5.36. The fourth-order valence-corrected chi connectivity index (χ4v) is 2.88. The Bertz CT molecular complexity index is 952. The first-order chi connectivity index (χ1) is 11.2. The molecule has 3 aromatic heterocycles. The van der Waals surface area contributed by atoms with E-state index in [2.05, 4.69) is 15.1 Å². The van der Waals surface area contributed by atoms with Gasteiger partial charge in [-0.25, -0.2) is 9.78 Å². The van der Waals surface area contributed by atoms with E-state index in [0.29, 0.717) is 16.7 Å². The summed E-state index contributed by atoms with van der Waals surface area (Å²) < 4.78 is 6.97. The molecule has 0 atom stereocenters. The van der Waals surface area contributed by atoms with Crippen molar-refractivity contribution < 1.29 is 9.53 Å². The number of nitrogens with zero attached hydrogens (tertiary/aromatic N) is 3. The maximum absolute atomic E-state index is 12.2. The molecule has 3 heterocycles. The molecule has 0 aliphatic rings. The summed E-state index contributed by atoms with van der Waals surface area (Å²) in [6.07, 6.45) is 0. The standard InChI is InChI=1S/C16H12N4O2S/c1-10-9-14(22-15(21)13-7-4-8-23-13)20(19-10)16-17-11-5-2-3-6-12(11)18-16/h2-9H,1H3,(H,17,18). The Morgan fingerprint density at radius 2 is 2.13 bits per heavy atom. The number of hydrogen-bond acceptors (Lipinski definition) is 5. The predicted molar refractivity (Wildman–Crippen MR) is 87.2 cm³/mol. The van der Waals surface area contributed by atoms with Crippen LogP contribution in [0, 0.1) is 6.92 Å². The largest absolute Gasteiger partial charge is 0.403 e. The van der Waals surface area contributed by atoms with E-state index in [9.17, 15) is 4.79 Å². The Labute approximate surface area is 135 Å². The molecule has 0 amide bonds. The lowest BCUT2D eigenvalue weighted by molar-refractivity contribution is 0.0728. The summed E-state index contributed by atoms with van der Waals surface area (Å²) in [6.45, 7) is 1.83. The number of imidazole rings is 1. The lowest BCUT2D eigenvalue weighted by atomic mass is 10.3. The molecule has 6 nitrogen and oxygen atoms in total. The van der Waals surface area contributed by atoms with E-state index in [1.54, 1.807) is 12.1 Å². The highest BCUT2D eigenvalue weighted by Crippen LogP contribution is 2.22. The molecule has 4 rings (SSSR count). The van der Waals surface area contributed by atoms with Crippen LogP contribution in [0.5, 0.6) is 5.88 Å². The van der Waals surface area contributed by atoms with Crippen LogP contribution in [0.4, 0.5) is 0 Å². The van der Waals surface area contributed by atoms with Crippen molar-refractivity contribution in [2.24, 2.45) is 0 Å². The van der Waals surface area contributed by atoms with Crippen molar-refractivity contribution in [3.8, 4) is 11.8 Å². The fraction of sp³-hybridized carbons (Fsp3) is 0.0625. The van der Waals surface area contributed by atoms with Gasteiger partial charge in [-0.15, -0.1) is 11.3 Å². The number of fused-ring (bicyclic) bond motifs is 1. The molecule has 0 bridgehead atoms. The highest BCUT2D eigenvalue weighted by molar-refractivity contribution is 7.12. The average Bonchev–Trinajstić information content (AvgIpc) is 3.25. The summed E-state index contributed by atoms with van der Waals surface area (Å²) in [4.78, 5) is 20.4. The quantitative estimate of drug-likeness (QED) is 0.587. The van der Waals surface area contributed by atoms with E-state index < -0.39 is 5.97 Å². The number of nitrogens with one attached hydrogen (secondary N) is 1. The third-order valence-corrected chi connectivity index (χ3v) is 4.15. The number of ether oxygens (including phenoxy) is 1. The molecule has 23 heavy (non-hydrogen) atoms. The summed E-state index contributed by atoms with van der Waals surface area (Å²) in [5, 5.41) is 6.19. The first-order valence-corrected chi connectivity index (χ1v) is 7.86. The minimum absolute atomic E-state index is 0.333. The monoisotopic (exact) mass is 324 g/mol. The second-order valence-electron chi connectivity index (χ2n) is 4.98. The first-order valence-electron chi connectivity index (χ1n) is 6.98. The van der Waals surface area contributed by atoms with Gasteiger partial charge < -0.3 is 9.72 Å². The van der Waals surface area contributed by atoms with Crippen molar-refractivity contribution in [2.45, 2.75) is 6.92 Å². The zero-order chi connectivity index (χ0) is 15.8. The zero-order valence-corrected chi connectivity index (χ0v) is 13.0. The first kappa shape index (κ1) is 13.7. The van der Waals surface area contributed by atoms with Crippen LogP contribution in [0.15, 0.2) is 47.8 Å². The number of carbonyl (C=O) groups is 1. The fourth-order valence-electron chi connectivity index (χ4n) is 2.28. The van der Waals surface area contributed by atoms with Gasteiger partial charge in [0.2, 0.25) is 11.8 Å². The van der Waals surface area contributed by atoms with Gasteiger partial charge in [-0.05, 0) is 30.5 Å². The zero-order valence-electron chi connectivity index (χ0n) is 12.2. The number of H-pyrrole nitrogens is 1. The molecule has 0 aliphatic carbocycles. The second-order valence-corrected chi connectivity index (χ2v) is 5.93. The Morgan fingerprint density at radius 3 is 2.91 bits per heavy atom. The van der Waals surface area contributed by atoms with Crippen molar-refractivity contribution in [2.75, 3.05) is 0 Å². The maximum atomic E-state index is 12.2. The molecule has 4 aromatic rings. The summed E-state index contributed by atoms with van der Waals surface area (Å²) in [6, 6.07) is 12.9. The number of esters is 1. The van der Waals surface area contributed by atoms with E-state index >= 15 is 0 Å². The van der Waals surface area contributed by atoms with Crippen molar-refractivity contribution in [1.29, 1.82) is 0 Å². The molecule has 0 aliphatic heterocycles. The van der Waals surface area contributed by atoms with E-state index in [1.807, 2.05) is 42.6 Å². The topological polar surface area (TPSA) is 72.8 Å². The molecule has 1 N–H and O–H groups in total. The van der Waals surface area contributed by atoms with Gasteiger partial charge in [-0.3, -0.25) is 0 Å². The Hall–Kier alpha value is -2.93. The molecule has 7 heteroatoms. The Balaban J connectivity index is 1.73. The number of aromatic amines is 1. The average molecular weight is 324 g/mol. The van der Waals surface area contributed by atoms with Gasteiger partial charge in [-0.2, -0.15) is 9.78 Å². The van der Waals surface area contributed by atoms with E-state index in [4.69, 9.17) is 4.74 Å². The van der Waals surface area contributed by atoms with Crippen molar-refractivity contribution in [1.82, 2.24) is 19.7 Å². The van der Waals surface area contributed by atoms with Crippen LogP contribution in [0.3, 0.4) is 0 Å². The smallest absolute Gasteiger partial charge is 0.355 e. The van der Waals surface area contributed by atoms with Crippen molar-refractivity contribution in [3.05, 3.63) is 58.4 Å². The molecule has 0 spiro atoms. The lowest BCUT2D eigenvalue weighted by Crippen LogP contribution is -2.11. The van der Waals surface area contributed by atoms with Crippen LogP contribution < -0.4 is 4.74 Å². The summed E-state index contributed by atoms with van der Waals surface area (Å²) >= 11 is 1.33. The Morgan fingerprint density at radius 1 is 1.26 bits per heavy atom. The number of carbonyl (C=O) groups excluding carboxylic acids is 1. The van der Waals surface area contributed by atoms with Crippen LogP contribution in [-0.4, -0.2) is 25.7 Å². The van der Waals surface area contributed by atoms with Crippen molar-refractivity contribution in [3.63, 3.8) is 0 Å². The minimum atomic E-state index is -0.405. The minimum Gasteiger partial charge on any atom is -0.403 e. The number of thiophene rings is 1. The number of aryl methyl sites for hydroxylation is 1. The van der Waals surface area contributed by atoms with E-state index in [-0.39, 0.29) is 0 Å². The van der Waals surface area contributed by atoms with Gasteiger partial charge in [0.05, 0.1) is 16.7 Å². The van der Waals surface area contributed by atoms with Gasteiger partial charge in [0, 0.05) is 6.07 Å². The summed E-state index contributed by atoms with van der Waals surface area (Å²) in [5.74, 6) is 0.436. The predicted octanol–water partition coefficient (Wildman–Crippen LogP) is 3.34. The van der Waals surface area contributed by atoms with Gasteiger partial charge in [0.1, 0.15) is 4.88 Å². The molecule has 0 saturated heterocycles. The summed E-state index contributed by atoms with van der Waals surface area (Å²) in [5.41, 5.74) is 2.46. The number of benzene rings is 1. The third kappa shape index (κ3) is 2.51. The van der Waals surface area contributed by atoms with Gasteiger partial charge >= 0.3 is 5.97 Å². The lowest BCUT2D eigenvalue weighted by Gasteiger charge is -2.04. The Kier molecular flexibility index (Phi) is 3.20. The van der Waals surface area contributed by atoms with Crippen molar-refractivity contribution >= 4 is 28.3 Å². The normalized spacial score (nSPS) is 11.0. The van der Waals surface area contributed by atoms with Gasteiger partial charge in [0.15, 0.2) is 0 Å². The highest BCUT2D eigenvalue weighted by atomic mass is 32.1. The van der Waals surface area contributed by atoms with E-state index in [0.717, 1.165) is 16.7 Å². The molecular formula is C16H12N4O2S. The maximum Gasteiger partial charge on any atom is 0.355 e. The molecule has 0 radical (unpaired) electrons. The number of para-hydroxylation sites is 2. The number of rotatable bonds is 3. The molecule has 0 fully saturated rings. The van der Waals surface area contributed by atoms with Crippen LogP contribution in [0.2, 0.25) is 0 Å². The van der Waals surface area contributed by atoms with Crippen LogP contribution >= 0.6 is 11.3 Å². The molecule has 114 valence electrons. The third-order valence-electron chi connectivity index (χ3n) is 3.30. The summed E-state index contributed by atoms with van der Waals surface area (Å²) in [7, 11) is 0. The number of aromatic nitrogens is 4. The molecule has 1 aromatic carbocycles.